The van der Waals surface area contributed by atoms with E-state index in [0.717, 1.165) is 25.6 Å². The van der Waals surface area contributed by atoms with E-state index in [1.165, 1.54) is 28.4 Å². The predicted molar refractivity (Wildman–Crippen MR) is 76.3 cm³/mol. The van der Waals surface area contributed by atoms with Gasteiger partial charge in [-0.05, 0) is 12.8 Å². The van der Waals surface area contributed by atoms with E-state index in [1.807, 2.05) is 11.3 Å². The monoisotopic (exact) mass is 268 g/mol. The highest BCUT2D eigenvalue weighted by atomic mass is 32.1. The molecule has 1 N–H and O–H groups in total. The maximum absolute atomic E-state index is 5.14. The third kappa shape index (κ3) is 3.77. The van der Waals surface area contributed by atoms with Crippen molar-refractivity contribution in [1.29, 1.82) is 0 Å². The molecule has 0 spiro atoms. The van der Waals surface area contributed by atoms with Crippen LogP contribution in [-0.2, 0) is 23.1 Å². The summed E-state index contributed by atoms with van der Waals surface area (Å²) in [7, 11) is 1.74. The lowest BCUT2D eigenvalue weighted by Crippen LogP contribution is -2.20. The fraction of sp³-hybridized carbons (Fsp3) is 0.786. The number of aromatic nitrogens is 1. The van der Waals surface area contributed by atoms with Gasteiger partial charge in [-0.2, -0.15) is 0 Å². The van der Waals surface area contributed by atoms with Crippen LogP contribution in [0, 0.1) is 0 Å². The van der Waals surface area contributed by atoms with Gasteiger partial charge in [-0.3, -0.25) is 0 Å². The minimum atomic E-state index is 0.127. The van der Waals surface area contributed by atoms with E-state index in [1.54, 1.807) is 7.11 Å². The summed E-state index contributed by atoms with van der Waals surface area (Å²) in [6, 6.07) is 0.752. The van der Waals surface area contributed by atoms with E-state index in [0.29, 0.717) is 0 Å². The lowest BCUT2D eigenvalue weighted by atomic mass is 9.91. The van der Waals surface area contributed by atoms with Crippen molar-refractivity contribution in [1.82, 2.24) is 10.3 Å². The quantitative estimate of drug-likeness (QED) is 0.861. The highest BCUT2D eigenvalue weighted by Gasteiger charge is 2.25. The second kappa shape index (κ2) is 5.68. The molecular formula is C14H24N2OS. The van der Waals surface area contributed by atoms with Crippen LogP contribution in [0.3, 0.4) is 0 Å². The predicted octanol–water partition coefficient (Wildman–Crippen LogP) is 2.88. The maximum Gasteiger partial charge on any atom is 0.0954 e. The van der Waals surface area contributed by atoms with Crippen molar-refractivity contribution >= 4 is 11.3 Å². The van der Waals surface area contributed by atoms with Crippen molar-refractivity contribution in [3.8, 4) is 0 Å². The molecular weight excluding hydrogens is 244 g/mol. The Morgan fingerprint density at radius 1 is 1.39 bits per heavy atom. The van der Waals surface area contributed by atoms with Crippen molar-refractivity contribution in [3.63, 3.8) is 0 Å². The van der Waals surface area contributed by atoms with Gasteiger partial charge in [-0.1, -0.05) is 20.8 Å². The molecule has 0 atom stereocenters. The van der Waals surface area contributed by atoms with E-state index in [2.05, 4.69) is 26.1 Å². The van der Waals surface area contributed by atoms with E-state index >= 15 is 0 Å². The second-order valence-electron chi connectivity index (χ2n) is 6.03. The fourth-order valence-corrected chi connectivity index (χ4v) is 3.14. The number of nitrogens with one attached hydrogen (secondary N) is 1. The molecule has 102 valence electrons. The van der Waals surface area contributed by atoms with Crippen LogP contribution in [-0.4, -0.2) is 24.7 Å². The molecule has 0 aromatic carbocycles. The van der Waals surface area contributed by atoms with Gasteiger partial charge in [0.1, 0.15) is 0 Å². The molecule has 0 amide bonds. The molecule has 1 aliphatic rings. The second-order valence-corrected chi connectivity index (χ2v) is 7.20. The van der Waals surface area contributed by atoms with Gasteiger partial charge in [0.15, 0.2) is 0 Å². The fourth-order valence-electron chi connectivity index (χ4n) is 1.93. The van der Waals surface area contributed by atoms with Gasteiger partial charge in [-0.25, -0.2) is 4.98 Å². The van der Waals surface area contributed by atoms with Crippen LogP contribution < -0.4 is 5.32 Å². The average molecular weight is 268 g/mol. The van der Waals surface area contributed by atoms with Crippen LogP contribution in [0.1, 0.15) is 49.2 Å². The molecule has 1 aliphatic carbocycles. The molecule has 0 radical (unpaired) electrons. The summed E-state index contributed by atoms with van der Waals surface area (Å²) in [5.41, 5.74) is 1.38. The van der Waals surface area contributed by atoms with Crippen LogP contribution in [0.2, 0.25) is 0 Å². The van der Waals surface area contributed by atoms with Gasteiger partial charge < -0.3 is 10.1 Å². The first-order valence-electron chi connectivity index (χ1n) is 6.72. The van der Waals surface area contributed by atoms with Crippen molar-refractivity contribution in [2.24, 2.45) is 0 Å². The normalized spacial score (nSPS) is 16.2. The summed E-state index contributed by atoms with van der Waals surface area (Å²) in [5.74, 6) is 0. The summed E-state index contributed by atoms with van der Waals surface area (Å²) >= 11 is 1.84. The summed E-state index contributed by atoms with van der Waals surface area (Å²) in [6.45, 7) is 8.45. The highest BCUT2D eigenvalue weighted by molar-refractivity contribution is 7.11. The Morgan fingerprint density at radius 2 is 2.11 bits per heavy atom. The Balaban J connectivity index is 2.09. The molecule has 0 unspecified atom stereocenters. The van der Waals surface area contributed by atoms with E-state index in [4.69, 9.17) is 9.72 Å². The molecule has 0 bridgehead atoms. The summed E-state index contributed by atoms with van der Waals surface area (Å²) in [5, 5.41) is 4.80. The molecule has 3 nitrogen and oxygen atoms in total. The minimum absolute atomic E-state index is 0.127. The molecule has 0 aliphatic heterocycles. The number of methoxy groups -OCH3 is 1. The van der Waals surface area contributed by atoms with Crippen molar-refractivity contribution in [2.45, 2.75) is 58.0 Å². The molecule has 1 saturated carbocycles. The van der Waals surface area contributed by atoms with E-state index in [9.17, 15) is 0 Å². The Bertz CT molecular complexity index is 391. The number of ether oxygens (including phenoxy) is 1. The molecule has 0 saturated heterocycles. The van der Waals surface area contributed by atoms with Crippen LogP contribution >= 0.6 is 11.3 Å². The molecule has 2 rings (SSSR count). The molecule has 1 heterocycles. The van der Waals surface area contributed by atoms with Gasteiger partial charge in [0, 0.05) is 36.4 Å². The van der Waals surface area contributed by atoms with Crippen molar-refractivity contribution in [3.05, 3.63) is 15.6 Å². The number of hydrogen-bond donors (Lipinski definition) is 1. The Hall–Kier alpha value is -0.450. The first-order chi connectivity index (χ1) is 8.50. The van der Waals surface area contributed by atoms with Crippen molar-refractivity contribution in [2.75, 3.05) is 13.7 Å². The molecule has 1 fully saturated rings. The lowest BCUT2D eigenvalue weighted by molar-refractivity contribution is 0.202. The van der Waals surface area contributed by atoms with E-state index < -0.39 is 0 Å². The largest absolute Gasteiger partial charge is 0.384 e. The lowest BCUT2D eigenvalue weighted by Gasteiger charge is -2.17. The summed E-state index contributed by atoms with van der Waals surface area (Å²) in [6.07, 6.45) is 3.59. The number of hydrogen-bond acceptors (Lipinski definition) is 4. The van der Waals surface area contributed by atoms with Gasteiger partial charge >= 0.3 is 0 Å². The van der Waals surface area contributed by atoms with Crippen LogP contribution in [0.25, 0.3) is 0 Å². The van der Waals surface area contributed by atoms with Gasteiger partial charge in [-0.15, -0.1) is 11.3 Å². The Labute approximate surface area is 114 Å². The topological polar surface area (TPSA) is 34.1 Å². The van der Waals surface area contributed by atoms with Gasteiger partial charge in [0.05, 0.1) is 17.3 Å². The molecule has 18 heavy (non-hydrogen) atoms. The Morgan fingerprint density at radius 3 is 2.67 bits per heavy atom. The number of nitrogens with zero attached hydrogens (tertiary/aromatic N) is 1. The minimum Gasteiger partial charge on any atom is -0.384 e. The summed E-state index contributed by atoms with van der Waals surface area (Å²) in [4.78, 5) is 6.22. The van der Waals surface area contributed by atoms with Gasteiger partial charge in [0.2, 0.25) is 0 Å². The van der Waals surface area contributed by atoms with Crippen LogP contribution in [0.5, 0.6) is 0 Å². The molecule has 4 heteroatoms. The zero-order valence-corrected chi connectivity index (χ0v) is 12.7. The smallest absolute Gasteiger partial charge is 0.0954 e. The highest BCUT2D eigenvalue weighted by Crippen LogP contribution is 2.30. The molecule has 1 aromatic heterocycles. The maximum atomic E-state index is 5.14. The van der Waals surface area contributed by atoms with Crippen LogP contribution in [0.4, 0.5) is 0 Å². The average Bonchev–Trinajstić information content (AvgIpc) is 3.02. The Kier molecular flexibility index (Phi) is 4.41. The van der Waals surface area contributed by atoms with Crippen LogP contribution in [0.15, 0.2) is 0 Å². The third-order valence-electron chi connectivity index (χ3n) is 3.10. The first kappa shape index (κ1) is 14.0. The third-order valence-corrected chi connectivity index (χ3v) is 4.22. The zero-order valence-electron chi connectivity index (χ0n) is 11.9. The van der Waals surface area contributed by atoms with Gasteiger partial charge in [0.25, 0.3) is 0 Å². The standard InChI is InChI=1S/C14H24N2OS/c1-14(2,3)13-11(9-15-10-5-6-10)18-12(16-13)7-8-17-4/h10,15H,5-9H2,1-4H3. The number of thiazole rings is 1. The summed E-state index contributed by atoms with van der Waals surface area (Å²) < 4.78 is 5.14. The first-order valence-corrected chi connectivity index (χ1v) is 7.53. The molecule has 1 aromatic rings. The van der Waals surface area contributed by atoms with Crippen molar-refractivity contribution < 1.29 is 4.74 Å². The SMILES string of the molecule is COCCc1nc(C(C)(C)C)c(CNC2CC2)s1. The number of rotatable bonds is 6. The zero-order chi connectivity index (χ0) is 13.2. The van der Waals surface area contributed by atoms with E-state index in [-0.39, 0.29) is 5.41 Å².